The fourth-order valence-corrected chi connectivity index (χ4v) is 2.55. The van der Waals surface area contributed by atoms with E-state index in [1.165, 1.54) is 32.4 Å². The monoisotopic (exact) mass is 424 g/mol. The summed E-state index contributed by atoms with van der Waals surface area (Å²) in [4.78, 5) is 24.4. The predicted octanol–water partition coefficient (Wildman–Crippen LogP) is 3.44. The first-order valence-corrected chi connectivity index (χ1v) is 9.52. The number of nitrogens with zero attached hydrogens (tertiary/aromatic N) is 1. The maximum atomic E-state index is 12.5. The summed E-state index contributed by atoms with van der Waals surface area (Å²) >= 11 is 0. The Morgan fingerprint density at radius 1 is 1.06 bits per heavy atom. The lowest BCUT2D eigenvalue weighted by molar-refractivity contribution is -0.112. The Balaban J connectivity index is 2.09. The Bertz CT molecular complexity index is 977. The third-order valence-electron chi connectivity index (χ3n) is 4.06. The summed E-state index contributed by atoms with van der Waals surface area (Å²) in [6.07, 6.45) is 1.45. The molecule has 1 N–H and O–H groups in total. The average Bonchev–Trinajstić information content (AvgIpc) is 2.78. The van der Waals surface area contributed by atoms with Crippen LogP contribution in [0.4, 0.5) is 5.69 Å². The molecule has 0 unspecified atom stereocenters. The van der Waals surface area contributed by atoms with E-state index >= 15 is 0 Å². The Kier molecular flexibility index (Phi) is 9.08. The zero-order valence-corrected chi connectivity index (χ0v) is 17.6. The van der Waals surface area contributed by atoms with Crippen molar-refractivity contribution in [3.63, 3.8) is 0 Å². The standard InChI is InChI=1S/C23H24N2O6/c1-4-30-20-10-5-16(14-21(20)29-3)13-18(15-24)22(26)25-19-8-6-17(7-9-19)23(27)31-12-11-28-2/h5-10,13-14H,4,11-12H2,1-3H3,(H,25,26)/b18-13+. The van der Waals surface area contributed by atoms with Crippen molar-refractivity contribution in [1.29, 1.82) is 5.26 Å². The highest BCUT2D eigenvalue weighted by Gasteiger charge is 2.12. The first kappa shape index (κ1) is 23.4. The quantitative estimate of drug-likeness (QED) is 0.269. The highest BCUT2D eigenvalue weighted by molar-refractivity contribution is 6.09. The molecule has 2 aromatic rings. The molecule has 0 fully saturated rings. The largest absolute Gasteiger partial charge is 0.493 e. The van der Waals surface area contributed by atoms with Crippen molar-refractivity contribution in [1.82, 2.24) is 0 Å². The molecule has 8 heteroatoms. The first-order valence-electron chi connectivity index (χ1n) is 9.52. The van der Waals surface area contributed by atoms with E-state index in [0.29, 0.717) is 41.5 Å². The van der Waals surface area contributed by atoms with Gasteiger partial charge in [-0.15, -0.1) is 0 Å². The Hall–Kier alpha value is -3.83. The van der Waals surface area contributed by atoms with E-state index in [0.717, 1.165) is 0 Å². The molecule has 0 spiro atoms. The molecule has 0 radical (unpaired) electrons. The van der Waals surface area contributed by atoms with E-state index in [4.69, 9.17) is 18.9 Å². The maximum absolute atomic E-state index is 12.5. The molecule has 0 saturated heterocycles. The second-order valence-corrected chi connectivity index (χ2v) is 6.17. The van der Waals surface area contributed by atoms with Crippen molar-refractivity contribution in [2.75, 3.05) is 39.4 Å². The minimum absolute atomic E-state index is 0.0886. The van der Waals surface area contributed by atoms with Crippen LogP contribution in [0.15, 0.2) is 48.0 Å². The lowest BCUT2D eigenvalue weighted by Crippen LogP contribution is -2.14. The van der Waals surface area contributed by atoms with E-state index in [-0.39, 0.29) is 12.2 Å². The minimum atomic E-state index is -0.578. The molecule has 0 aliphatic carbocycles. The molecular formula is C23H24N2O6. The van der Waals surface area contributed by atoms with Crippen LogP contribution in [0.5, 0.6) is 11.5 Å². The summed E-state index contributed by atoms with van der Waals surface area (Å²) in [6, 6.07) is 13.2. The highest BCUT2D eigenvalue weighted by atomic mass is 16.6. The van der Waals surface area contributed by atoms with E-state index in [2.05, 4.69) is 5.32 Å². The summed E-state index contributed by atoms with van der Waals surface area (Å²) in [5.74, 6) is 0.00923. The number of hydrogen-bond acceptors (Lipinski definition) is 7. The number of carbonyl (C=O) groups excluding carboxylic acids is 2. The molecular weight excluding hydrogens is 400 g/mol. The van der Waals surface area contributed by atoms with E-state index in [9.17, 15) is 14.9 Å². The van der Waals surface area contributed by atoms with Crippen LogP contribution in [-0.4, -0.2) is 45.9 Å². The minimum Gasteiger partial charge on any atom is -0.493 e. The van der Waals surface area contributed by atoms with Gasteiger partial charge in [-0.1, -0.05) is 6.07 Å². The second kappa shape index (κ2) is 12.0. The Morgan fingerprint density at radius 2 is 1.81 bits per heavy atom. The van der Waals surface area contributed by atoms with Gasteiger partial charge >= 0.3 is 5.97 Å². The van der Waals surface area contributed by atoms with Gasteiger partial charge < -0.3 is 24.3 Å². The number of ether oxygens (including phenoxy) is 4. The number of esters is 1. The number of anilines is 1. The molecule has 0 atom stereocenters. The first-order chi connectivity index (χ1) is 15.0. The molecule has 31 heavy (non-hydrogen) atoms. The van der Waals surface area contributed by atoms with Crippen LogP contribution in [0.3, 0.4) is 0 Å². The van der Waals surface area contributed by atoms with Gasteiger partial charge in [0.2, 0.25) is 0 Å². The molecule has 162 valence electrons. The normalized spacial score (nSPS) is 10.7. The summed E-state index contributed by atoms with van der Waals surface area (Å²) in [5.41, 5.74) is 1.30. The molecule has 0 aliphatic rings. The van der Waals surface area contributed by atoms with Gasteiger partial charge in [0.05, 0.1) is 25.9 Å². The van der Waals surface area contributed by atoms with Crippen molar-refractivity contribution in [3.8, 4) is 17.6 Å². The van der Waals surface area contributed by atoms with Gasteiger partial charge in [0.1, 0.15) is 18.2 Å². The van der Waals surface area contributed by atoms with Crippen LogP contribution < -0.4 is 14.8 Å². The molecule has 2 rings (SSSR count). The van der Waals surface area contributed by atoms with Gasteiger partial charge in [0, 0.05) is 12.8 Å². The summed E-state index contributed by atoms with van der Waals surface area (Å²) in [5, 5.41) is 12.0. The number of carbonyl (C=O) groups is 2. The number of benzene rings is 2. The molecule has 0 aliphatic heterocycles. The van der Waals surface area contributed by atoms with E-state index < -0.39 is 11.9 Å². The number of methoxy groups -OCH3 is 2. The van der Waals surface area contributed by atoms with Gasteiger partial charge in [-0.05, 0) is 55.0 Å². The number of rotatable bonds is 10. The zero-order valence-electron chi connectivity index (χ0n) is 17.6. The lowest BCUT2D eigenvalue weighted by atomic mass is 10.1. The van der Waals surface area contributed by atoms with Crippen molar-refractivity contribution < 1.29 is 28.5 Å². The molecule has 0 saturated carbocycles. The SMILES string of the molecule is CCOc1ccc(/C=C(\C#N)C(=O)Nc2ccc(C(=O)OCCOC)cc2)cc1OC. The molecule has 2 aromatic carbocycles. The highest BCUT2D eigenvalue weighted by Crippen LogP contribution is 2.29. The summed E-state index contributed by atoms with van der Waals surface area (Å²) in [7, 11) is 3.03. The molecule has 8 nitrogen and oxygen atoms in total. The van der Waals surface area contributed by atoms with Crippen molar-refractivity contribution in [2.45, 2.75) is 6.92 Å². The maximum Gasteiger partial charge on any atom is 0.338 e. The van der Waals surface area contributed by atoms with E-state index in [1.807, 2.05) is 13.0 Å². The van der Waals surface area contributed by atoms with Crippen molar-refractivity contribution in [3.05, 3.63) is 59.2 Å². The van der Waals surface area contributed by atoms with Crippen LogP contribution in [0.25, 0.3) is 6.08 Å². The number of hydrogen-bond donors (Lipinski definition) is 1. The van der Waals surface area contributed by atoms with Crippen LogP contribution in [0.2, 0.25) is 0 Å². The van der Waals surface area contributed by atoms with Gasteiger partial charge in [0.15, 0.2) is 11.5 Å². The van der Waals surface area contributed by atoms with Gasteiger partial charge in [-0.3, -0.25) is 4.79 Å². The zero-order chi connectivity index (χ0) is 22.6. The molecule has 0 heterocycles. The fourth-order valence-electron chi connectivity index (χ4n) is 2.55. The third kappa shape index (κ3) is 6.87. The van der Waals surface area contributed by atoms with Gasteiger partial charge in [-0.25, -0.2) is 4.79 Å². The van der Waals surface area contributed by atoms with Crippen LogP contribution >= 0.6 is 0 Å². The summed E-state index contributed by atoms with van der Waals surface area (Å²) in [6.45, 7) is 2.81. The number of nitrogens with one attached hydrogen (secondary N) is 1. The molecule has 0 bridgehead atoms. The van der Waals surface area contributed by atoms with E-state index in [1.54, 1.807) is 30.3 Å². The average molecular weight is 424 g/mol. The Morgan fingerprint density at radius 3 is 2.42 bits per heavy atom. The number of amides is 1. The van der Waals surface area contributed by atoms with Crippen LogP contribution in [-0.2, 0) is 14.3 Å². The van der Waals surface area contributed by atoms with Crippen LogP contribution in [0.1, 0.15) is 22.8 Å². The molecule has 0 aromatic heterocycles. The summed E-state index contributed by atoms with van der Waals surface area (Å²) < 4.78 is 20.6. The number of nitriles is 1. The lowest BCUT2D eigenvalue weighted by Gasteiger charge is -2.10. The fraction of sp³-hybridized carbons (Fsp3) is 0.261. The van der Waals surface area contributed by atoms with Crippen molar-refractivity contribution in [2.24, 2.45) is 0 Å². The smallest absolute Gasteiger partial charge is 0.338 e. The van der Waals surface area contributed by atoms with Gasteiger partial charge in [-0.2, -0.15) is 5.26 Å². The molecule has 1 amide bonds. The third-order valence-corrected chi connectivity index (χ3v) is 4.06. The second-order valence-electron chi connectivity index (χ2n) is 6.17. The topological polar surface area (TPSA) is 107 Å². The van der Waals surface area contributed by atoms with Crippen molar-refractivity contribution >= 4 is 23.6 Å². The van der Waals surface area contributed by atoms with Crippen LogP contribution in [0, 0.1) is 11.3 Å². The predicted molar refractivity (Wildman–Crippen MR) is 115 cm³/mol. The Labute approximate surface area is 181 Å². The van der Waals surface area contributed by atoms with Gasteiger partial charge in [0.25, 0.3) is 5.91 Å².